The van der Waals surface area contributed by atoms with Gasteiger partial charge >= 0.3 is 0 Å². The van der Waals surface area contributed by atoms with Gasteiger partial charge in [0.05, 0.1) is 16.1 Å². The number of hydrogen-bond acceptors (Lipinski definition) is 4. The second kappa shape index (κ2) is 11.6. The Morgan fingerprint density at radius 1 is 0.767 bits per heavy atom. The molecule has 6 nitrogen and oxygen atoms in total. The molecule has 216 valence electrons. The highest BCUT2D eigenvalue weighted by molar-refractivity contribution is 7.92. The molecule has 1 heterocycles. The van der Waals surface area contributed by atoms with Gasteiger partial charge in [0.2, 0.25) is 0 Å². The van der Waals surface area contributed by atoms with E-state index in [2.05, 4.69) is 9.62 Å². The van der Waals surface area contributed by atoms with Crippen molar-refractivity contribution in [2.75, 3.05) is 14.5 Å². The van der Waals surface area contributed by atoms with Crippen LogP contribution in [0.2, 0.25) is 5.02 Å². The van der Waals surface area contributed by atoms with Crippen molar-refractivity contribution in [2.45, 2.75) is 31.5 Å². The maximum absolute atomic E-state index is 14.5. The van der Waals surface area contributed by atoms with Crippen molar-refractivity contribution in [3.8, 4) is 0 Å². The number of carbonyl (C=O) groups excluding carboxylic acids is 1. The number of fused-ring (bicyclic) bond motifs is 1. The molecule has 8 heteroatoms. The van der Waals surface area contributed by atoms with Gasteiger partial charge in [0.25, 0.3) is 15.9 Å². The van der Waals surface area contributed by atoms with Crippen LogP contribution in [0, 0.1) is 13.8 Å². The fraction of sp³-hybridized carbons (Fsp3) is 0.114. The molecule has 5 aromatic carbocycles. The summed E-state index contributed by atoms with van der Waals surface area (Å²) in [7, 11) is -3.98. The van der Waals surface area contributed by atoms with E-state index in [1.165, 1.54) is 6.07 Å². The van der Waals surface area contributed by atoms with E-state index in [9.17, 15) is 13.2 Å². The maximum atomic E-state index is 14.5. The Balaban J connectivity index is 1.52. The number of rotatable bonds is 7. The van der Waals surface area contributed by atoms with E-state index < -0.39 is 16.2 Å². The molecule has 1 aliphatic rings. The molecule has 0 aromatic heterocycles. The summed E-state index contributed by atoms with van der Waals surface area (Å²) >= 11 is 6.47. The van der Waals surface area contributed by atoms with Gasteiger partial charge in [-0.1, -0.05) is 89.5 Å². The van der Waals surface area contributed by atoms with E-state index >= 15 is 0 Å². The summed E-state index contributed by atoms with van der Waals surface area (Å²) in [5, 5.41) is 0.558. The molecule has 0 unspecified atom stereocenters. The average Bonchev–Trinajstić information content (AvgIpc) is 3.00. The average molecular weight is 608 g/mol. The van der Waals surface area contributed by atoms with Crippen LogP contribution < -0.4 is 14.5 Å². The Labute approximate surface area is 257 Å². The molecule has 6 rings (SSSR count). The summed E-state index contributed by atoms with van der Waals surface area (Å²) in [4.78, 5) is 18.3. The molecule has 1 aliphatic heterocycles. The predicted molar refractivity (Wildman–Crippen MR) is 173 cm³/mol. The lowest BCUT2D eigenvalue weighted by molar-refractivity contribution is 0.0968. The first kappa shape index (κ1) is 28.5. The normalized spacial score (nSPS) is 14.9. The molecule has 5 aromatic rings. The van der Waals surface area contributed by atoms with Gasteiger partial charge < -0.3 is 4.90 Å². The van der Waals surface area contributed by atoms with Gasteiger partial charge in [-0.2, -0.15) is 0 Å². The van der Waals surface area contributed by atoms with Crippen LogP contribution in [0.15, 0.2) is 126 Å². The summed E-state index contributed by atoms with van der Waals surface area (Å²) in [5.41, 5.74) is 6.02. The van der Waals surface area contributed by atoms with Gasteiger partial charge in [0.15, 0.2) is 0 Å². The molecule has 0 fully saturated rings. The van der Waals surface area contributed by atoms with Gasteiger partial charge in [0.1, 0.15) is 6.17 Å². The fourth-order valence-electron chi connectivity index (χ4n) is 5.36. The van der Waals surface area contributed by atoms with Gasteiger partial charge in [-0.05, 0) is 79.6 Å². The number of halogens is 1. The molecule has 43 heavy (non-hydrogen) atoms. The van der Waals surface area contributed by atoms with E-state index in [1.54, 1.807) is 35.2 Å². The molecule has 1 N–H and O–H groups in total. The van der Waals surface area contributed by atoms with Crippen molar-refractivity contribution in [1.29, 1.82) is 0 Å². The highest BCUT2D eigenvalue weighted by Crippen LogP contribution is 2.43. The third-order valence-corrected chi connectivity index (χ3v) is 9.15. The lowest BCUT2D eigenvalue weighted by Gasteiger charge is -2.46. The summed E-state index contributed by atoms with van der Waals surface area (Å²) in [6.07, 6.45) is -0.547. The Kier molecular flexibility index (Phi) is 7.69. The number of carbonyl (C=O) groups is 1. The quantitative estimate of drug-likeness (QED) is 0.203. The molecule has 1 amide bonds. The number of amides is 1. The zero-order chi connectivity index (χ0) is 30.1. The first-order valence-corrected chi connectivity index (χ1v) is 15.8. The van der Waals surface area contributed by atoms with E-state index in [0.29, 0.717) is 34.2 Å². The zero-order valence-electron chi connectivity index (χ0n) is 23.7. The zero-order valence-corrected chi connectivity index (χ0v) is 25.3. The minimum Gasteiger partial charge on any atom is -0.342 e. The summed E-state index contributed by atoms with van der Waals surface area (Å²) < 4.78 is 29.6. The van der Waals surface area contributed by atoms with Crippen LogP contribution in [0.1, 0.15) is 38.8 Å². The lowest BCUT2D eigenvalue weighted by atomic mass is 9.99. The molecule has 0 aliphatic carbocycles. The van der Waals surface area contributed by atoms with Crippen LogP contribution in [0.5, 0.6) is 0 Å². The molecule has 0 bridgehead atoms. The number of sulfonamides is 1. The van der Waals surface area contributed by atoms with Crippen molar-refractivity contribution < 1.29 is 13.2 Å². The first-order chi connectivity index (χ1) is 20.7. The van der Waals surface area contributed by atoms with Crippen LogP contribution >= 0.6 is 11.6 Å². The van der Waals surface area contributed by atoms with Gasteiger partial charge in [-0.15, -0.1) is 0 Å². The topological polar surface area (TPSA) is 69.7 Å². The molecule has 0 radical (unpaired) electrons. The monoisotopic (exact) mass is 607 g/mol. The van der Waals surface area contributed by atoms with Crippen molar-refractivity contribution in [1.82, 2.24) is 0 Å². The second-order valence-corrected chi connectivity index (χ2v) is 12.8. The van der Waals surface area contributed by atoms with E-state index in [-0.39, 0.29) is 10.8 Å². The Morgan fingerprint density at radius 2 is 1.44 bits per heavy atom. The summed E-state index contributed by atoms with van der Waals surface area (Å²) in [6, 6.07) is 37.1. The van der Waals surface area contributed by atoms with E-state index in [1.807, 2.05) is 98.8 Å². The summed E-state index contributed by atoms with van der Waals surface area (Å²) in [6.45, 7) is 4.39. The van der Waals surface area contributed by atoms with Crippen LogP contribution in [-0.4, -0.2) is 14.3 Å². The Morgan fingerprint density at radius 3 is 2.12 bits per heavy atom. The molecule has 0 saturated carbocycles. The molecular formula is C35H30ClN3O3S. The standard InChI is InChI=1S/C35H30ClN3O3S/c1-24-11-15-29(16-12-24)37-43(41,42)31-19-20-33-32(22-31)35(40)39(30-17-13-25(2)14-18-30)34(27-9-6-10-28(36)21-27)38(33)23-26-7-4-3-5-8-26/h3-22,34,37H,23H2,1-2H3/t34-/m0/s1. The third kappa shape index (κ3) is 5.87. The molecular weight excluding hydrogens is 578 g/mol. The van der Waals surface area contributed by atoms with Gasteiger partial charge in [-0.3, -0.25) is 14.4 Å². The maximum Gasteiger partial charge on any atom is 0.262 e. The number of anilines is 3. The number of nitrogens with zero attached hydrogens (tertiary/aromatic N) is 2. The summed E-state index contributed by atoms with van der Waals surface area (Å²) in [5.74, 6) is -0.305. The fourth-order valence-corrected chi connectivity index (χ4v) is 6.65. The molecule has 0 spiro atoms. The number of nitrogens with one attached hydrogen (secondary N) is 1. The van der Waals surface area contributed by atoms with Crippen LogP contribution in [0.3, 0.4) is 0 Å². The predicted octanol–water partition coefficient (Wildman–Crippen LogP) is 8.12. The van der Waals surface area contributed by atoms with Crippen molar-refractivity contribution in [3.05, 3.63) is 154 Å². The number of benzene rings is 5. The highest BCUT2D eigenvalue weighted by atomic mass is 35.5. The van der Waals surface area contributed by atoms with Crippen LogP contribution in [0.4, 0.5) is 17.1 Å². The second-order valence-electron chi connectivity index (χ2n) is 10.7. The van der Waals surface area contributed by atoms with E-state index in [4.69, 9.17) is 11.6 Å². The molecule has 0 saturated heterocycles. The third-order valence-electron chi connectivity index (χ3n) is 7.54. The van der Waals surface area contributed by atoms with Crippen molar-refractivity contribution in [3.63, 3.8) is 0 Å². The van der Waals surface area contributed by atoms with Crippen molar-refractivity contribution in [2.24, 2.45) is 0 Å². The van der Waals surface area contributed by atoms with Gasteiger partial charge in [0, 0.05) is 22.9 Å². The Bertz CT molecular complexity index is 1890. The minimum atomic E-state index is -3.98. The SMILES string of the molecule is Cc1ccc(NS(=O)(=O)c2ccc3c(c2)C(=O)N(c2ccc(C)cc2)[C@@H](c2cccc(Cl)c2)N3Cc2ccccc2)cc1. The molecule has 1 atom stereocenters. The highest BCUT2D eigenvalue weighted by Gasteiger charge is 2.40. The number of hydrogen-bond donors (Lipinski definition) is 1. The van der Waals surface area contributed by atoms with Crippen LogP contribution in [0.25, 0.3) is 0 Å². The Hall–Kier alpha value is -4.59. The largest absolute Gasteiger partial charge is 0.342 e. The number of aryl methyl sites for hydroxylation is 2. The minimum absolute atomic E-state index is 0.00453. The van der Waals surface area contributed by atoms with Crippen LogP contribution in [-0.2, 0) is 16.6 Å². The first-order valence-electron chi connectivity index (χ1n) is 13.9. The van der Waals surface area contributed by atoms with E-state index in [0.717, 1.165) is 22.3 Å². The smallest absolute Gasteiger partial charge is 0.262 e. The lowest BCUT2D eigenvalue weighted by Crippen LogP contribution is -2.49. The van der Waals surface area contributed by atoms with Gasteiger partial charge in [-0.25, -0.2) is 8.42 Å². The van der Waals surface area contributed by atoms with Crippen molar-refractivity contribution >= 4 is 44.6 Å².